The van der Waals surface area contributed by atoms with E-state index >= 15 is 0 Å². The van der Waals surface area contributed by atoms with Crippen molar-refractivity contribution in [2.24, 2.45) is 4.99 Å². The van der Waals surface area contributed by atoms with Crippen molar-refractivity contribution in [1.82, 2.24) is 0 Å². The SMILES string of the molecule is C=NC(F)=CC. The molecule has 0 atom stereocenters. The van der Waals surface area contributed by atoms with Gasteiger partial charge in [0.05, 0.1) is 0 Å². The van der Waals surface area contributed by atoms with Crippen LogP contribution in [0.3, 0.4) is 0 Å². The summed E-state index contributed by atoms with van der Waals surface area (Å²) < 4.78 is 11.5. The number of halogens is 1. The zero-order valence-electron chi connectivity index (χ0n) is 3.61. The van der Waals surface area contributed by atoms with E-state index in [9.17, 15) is 4.39 Å². The van der Waals surface area contributed by atoms with Crippen LogP contribution in [0.5, 0.6) is 0 Å². The van der Waals surface area contributed by atoms with Gasteiger partial charge in [-0.05, 0) is 19.7 Å². The molecule has 0 saturated heterocycles. The predicted molar refractivity (Wildman–Crippen MR) is 24.4 cm³/mol. The van der Waals surface area contributed by atoms with E-state index in [0.29, 0.717) is 0 Å². The van der Waals surface area contributed by atoms with E-state index in [2.05, 4.69) is 11.7 Å². The minimum atomic E-state index is -0.519. The van der Waals surface area contributed by atoms with Gasteiger partial charge in [-0.3, -0.25) is 0 Å². The fraction of sp³-hybridized carbons (Fsp3) is 0.250. The van der Waals surface area contributed by atoms with Crippen LogP contribution in [0.4, 0.5) is 4.39 Å². The fourth-order valence-electron chi connectivity index (χ4n) is 0.0913. The molecule has 0 fully saturated rings. The first-order valence-electron chi connectivity index (χ1n) is 1.59. The molecular formula is C4H6FN. The average molecular weight is 87.1 g/mol. The van der Waals surface area contributed by atoms with Crippen molar-refractivity contribution in [3.63, 3.8) is 0 Å². The molecule has 0 radical (unpaired) electrons. The van der Waals surface area contributed by atoms with Crippen LogP contribution >= 0.6 is 0 Å². The van der Waals surface area contributed by atoms with Gasteiger partial charge in [-0.2, -0.15) is 4.39 Å². The largest absolute Gasteiger partial charge is 0.237 e. The van der Waals surface area contributed by atoms with Crippen LogP contribution < -0.4 is 0 Å². The standard InChI is InChI=1S/C4H6FN/c1-3-4(5)6-2/h3H,2H2,1H3. The molecule has 0 aromatic rings. The maximum absolute atomic E-state index is 11.5. The lowest BCUT2D eigenvalue weighted by atomic mass is 10.7. The van der Waals surface area contributed by atoms with E-state index < -0.39 is 5.95 Å². The topological polar surface area (TPSA) is 12.4 Å². The molecule has 0 bridgehead atoms. The van der Waals surface area contributed by atoms with Gasteiger partial charge in [0.2, 0.25) is 5.95 Å². The lowest BCUT2D eigenvalue weighted by Gasteiger charge is -1.73. The highest BCUT2D eigenvalue weighted by Crippen LogP contribution is 1.91. The minimum Gasteiger partial charge on any atom is -0.237 e. The first kappa shape index (κ1) is 5.34. The highest BCUT2D eigenvalue weighted by molar-refractivity contribution is 5.26. The van der Waals surface area contributed by atoms with Gasteiger partial charge in [0.15, 0.2) is 0 Å². The molecule has 0 saturated carbocycles. The Morgan fingerprint density at radius 3 is 2.50 bits per heavy atom. The second kappa shape index (κ2) is 2.57. The summed E-state index contributed by atoms with van der Waals surface area (Å²) in [5.74, 6) is -0.519. The van der Waals surface area contributed by atoms with Crippen LogP contribution in [0.1, 0.15) is 6.92 Å². The Morgan fingerprint density at radius 2 is 2.50 bits per heavy atom. The number of aliphatic imine (C=N–C) groups is 1. The average Bonchev–Trinajstić information content (AvgIpc) is 1.65. The van der Waals surface area contributed by atoms with E-state index in [-0.39, 0.29) is 0 Å². The first-order valence-corrected chi connectivity index (χ1v) is 1.59. The smallest absolute Gasteiger partial charge is 0.207 e. The van der Waals surface area contributed by atoms with Gasteiger partial charge in [-0.25, -0.2) is 4.99 Å². The van der Waals surface area contributed by atoms with E-state index in [4.69, 9.17) is 0 Å². The normalized spacial score (nSPS) is 11.3. The van der Waals surface area contributed by atoms with Crippen molar-refractivity contribution >= 4 is 6.72 Å². The van der Waals surface area contributed by atoms with Gasteiger partial charge in [0, 0.05) is 0 Å². The van der Waals surface area contributed by atoms with Gasteiger partial charge >= 0.3 is 0 Å². The van der Waals surface area contributed by atoms with Gasteiger partial charge in [-0.1, -0.05) is 0 Å². The second-order valence-corrected chi connectivity index (χ2v) is 0.770. The second-order valence-electron chi connectivity index (χ2n) is 0.770. The molecule has 0 spiro atoms. The zero-order chi connectivity index (χ0) is 4.99. The third-order valence-electron chi connectivity index (χ3n) is 0.389. The molecule has 0 aliphatic heterocycles. The van der Waals surface area contributed by atoms with Crippen LogP contribution in [-0.2, 0) is 0 Å². The lowest BCUT2D eigenvalue weighted by molar-refractivity contribution is 0.628. The molecule has 0 unspecified atom stereocenters. The van der Waals surface area contributed by atoms with Gasteiger partial charge in [-0.15, -0.1) is 0 Å². The summed E-state index contributed by atoms with van der Waals surface area (Å²) in [5, 5.41) is 0. The number of nitrogens with zero attached hydrogens (tertiary/aromatic N) is 1. The van der Waals surface area contributed by atoms with E-state index in [1.54, 1.807) is 6.92 Å². The number of hydrogen-bond donors (Lipinski definition) is 0. The first-order chi connectivity index (χ1) is 2.81. The molecule has 1 nitrogen and oxygen atoms in total. The van der Waals surface area contributed by atoms with Crippen molar-refractivity contribution in [3.05, 3.63) is 12.0 Å². The van der Waals surface area contributed by atoms with Gasteiger partial charge in [0.25, 0.3) is 0 Å². The maximum Gasteiger partial charge on any atom is 0.207 e. The summed E-state index contributed by atoms with van der Waals surface area (Å²) in [6.07, 6.45) is 1.24. The zero-order valence-corrected chi connectivity index (χ0v) is 3.61. The minimum absolute atomic E-state index is 0.519. The van der Waals surface area contributed by atoms with Crippen molar-refractivity contribution in [1.29, 1.82) is 0 Å². The summed E-state index contributed by atoms with van der Waals surface area (Å²) >= 11 is 0. The molecule has 0 heterocycles. The van der Waals surface area contributed by atoms with Crippen LogP contribution in [0, 0.1) is 0 Å². The molecule has 0 aromatic carbocycles. The molecule has 0 amide bonds. The highest BCUT2D eigenvalue weighted by Gasteiger charge is 1.74. The highest BCUT2D eigenvalue weighted by atomic mass is 19.1. The quantitative estimate of drug-likeness (QED) is 0.339. The Kier molecular flexibility index (Phi) is 2.29. The molecule has 34 valence electrons. The Morgan fingerprint density at radius 1 is 2.00 bits per heavy atom. The van der Waals surface area contributed by atoms with E-state index in [0.717, 1.165) is 0 Å². The number of rotatable bonds is 1. The lowest BCUT2D eigenvalue weighted by Crippen LogP contribution is -1.55. The third-order valence-corrected chi connectivity index (χ3v) is 0.389. The molecule has 0 aliphatic rings. The van der Waals surface area contributed by atoms with Crippen LogP contribution in [0.15, 0.2) is 17.0 Å². The number of allylic oxidation sites excluding steroid dienone is 1. The molecule has 0 aliphatic carbocycles. The molecular weight excluding hydrogens is 81.0 g/mol. The van der Waals surface area contributed by atoms with Crippen molar-refractivity contribution in [3.8, 4) is 0 Å². The van der Waals surface area contributed by atoms with Crippen LogP contribution in [-0.4, -0.2) is 6.72 Å². The molecule has 0 rings (SSSR count). The van der Waals surface area contributed by atoms with E-state index in [1.165, 1.54) is 6.08 Å². The van der Waals surface area contributed by atoms with Crippen molar-refractivity contribution in [2.45, 2.75) is 6.92 Å². The van der Waals surface area contributed by atoms with Gasteiger partial charge in [0.1, 0.15) is 0 Å². The maximum atomic E-state index is 11.5. The Labute approximate surface area is 36.2 Å². The van der Waals surface area contributed by atoms with Crippen molar-refractivity contribution < 1.29 is 4.39 Å². The van der Waals surface area contributed by atoms with Gasteiger partial charge < -0.3 is 0 Å². The monoisotopic (exact) mass is 87.0 g/mol. The Bertz CT molecular complexity index is 75.6. The Balaban J connectivity index is 3.50. The van der Waals surface area contributed by atoms with Crippen molar-refractivity contribution in [2.75, 3.05) is 0 Å². The van der Waals surface area contributed by atoms with Crippen LogP contribution in [0.2, 0.25) is 0 Å². The summed E-state index contributed by atoms with van der Waals surface area (Å²) in [5.41, 5.74) is 0. The molecule has 0 N–H and O–H groups in total. The Hall–Kier alpha value is -0.660. The van der Waals surface area contributed by atoms with Crippen LogP contribution in [0.25, 0.3) is 0 Å². The molecule has 0 aromatic heterocycles. The summed E-state index contributed by atoms with van der Waals surface area (Å²) in [6, 6.07) is 0. The predicted octanol–water partition coefficient (Wildman–Crippen LogP) is 1.52. The molecule has 2 heteroatoms. The summed E-state index contributed by atoms with van der Waals surface area (Å²) in [6.45, 7) is 4.50. The fourth-order valence-corrected chi connectivity index (χ4v) is 0.0913. The summed E-state index contributed by atoms with van der Waals surface area (Å²) in [7, 11) is 0. The summed E-state index contributed by atoms with van der Waals surface area (Å²) in [4.78, 5) is 2.95. The number of hydrogen-bond acceptors (Lipinski definition) is 1. The third kappa shape index (κ3) is 1.64. The van der Waals surface area contributed by atoms with E-state index in [1.807, 2.05) is 0 Å². The molecule has 6 heavy (non-hydrogen) atoms.